The summed E-state index contributed by atoms with van der Waals surface area (Å²) < 4.78 is 4.54. The number of carbonyl (C=O) groups is 3. The first-order valence-electron chi connectivity index (χ1n) is 7.70. The molecule has 136 valence electrons. The maximum absolute atomic E-state index is 12.1. The van der Waals surface area contributed by atoms with Crippen molar-refractivity contribution >= 4 is 29.5 Å². The van der Waals surface area contributed by atoms with Gasteiger partial charge in [0.1, 0.15) is 0 Å². The molecule has 9 nitrogen and oxygen atoms in total. The number of H-pyrrole nitrogens is 1. The number of methoxy groups -OCH3 is 1. The van der Waals surface area contributed by atoms with Gasteiger partial charge in [0.05, 0.1) is 31.5 Å². The van der Waals surface area contributed by atoms with Crippen LogP contribution in [0.2, 0.25) is 0 Å². The predicted octanol–water partition coefficient (Wildman–Crippen LogP) is -0.685. The number of esters is 1. The summed E-state index contributed by atoms with van der Waals surface area (Å²) in [5.41, 5.74) is -0.149. The Balaban J connectivity index is 1.86. The molecule has 0 spiro atoms. The molecule has 25 heavy (non-hydrogen) atoms. The molecule has 1 aromatic rings. The first kappa shape index (κ1) is 19.0. The molecule has 2 N–H and O–H groups in total. The Kier molecular flexibility index (Phi) is 6.57. The lowest BCUT2D eigenvalue weighted by molar-refractivity contribution is -0.139. The fourth-order valence-electron chi connectivity index (χ4n) is 1.91. The highest BCUT2D eigenvalue weighted by molar-refractivity contribution is 7.99. The third kappa shape index (κ3) is 6.57. The van der Waals surface area contributed by atoms with Crippen LogP contribution in [0.5, 0.6) is 0 Å². The van der Waals surface area contributed by atoms with Gasteiger partial charge in [0.15, 0.2) is 5.16 Å². The normalized spacial score (nSPS) is 13.2. The van der Waals surface area contributed by atoms with E-state index >= 15 is 0 Å². The molecular formula is C15H20N4O5S. The molecule has 10 heteroatoms. The van der Waals surface area contributed by atoms with Crippen LogP contribution in [-0.4, -0.2) is 65.1 Å². The minimum atomic E-state index is -0.508. The molecule has 2 rings (SSSR count). The second-order valence-electron chi connectivity index (χ2n) is 5.68. The number of rotatable bonds is 8. The molecule has 0 radical (unpaired) electrons. The van der Waals surface area contributed by atoms with Crippen molar-refractivity contribution < 1.29 is 19.1 Å². The Labute approximate surface area is 148 Å². The number of likely N-dealkylation sites (N-methyl/N-ethyl adjacent to an activating group) is 1. The summed E-state index contributed by atoms with van der Waals surface area (Å²) in [5, 5.41) is 3.04. The Morgan fingerprint density at radius 1 is 1.44 bits per heavy atom. The maximum Gasteiger partial charge on any atom is 0.311 e. The third-order valence-corrected chi connectivity index (χ3v) is 4.27. The highest BCUT2D eigenvalue weighted by Gasteiger charge is 2.24. The van der Waals surface area contributed by atoms with Gasteiger partial charge in [0.2, 0.25) is 11.8 Å². The Morgan fingerprint density at radius 3 is 2.80 bits per heavy atom. The van der Waals surface area contributed by atoms with Crippen molar-refractivity contribution in [2.45, 2.75) is 30.5 Å². The van der Waals surface area contributed by atoms with Gasteiger partial charge >= 0.3 is 5.97 Å². The second kappa shape index (κ2) is 8.65. The zero-order valence-corrected chi connectivity index (χ0v) is 14.9. The quantitative estimate of drug-likeness (QED) is 0.354. The van der Waals surface area contributed by atoms with Gasteiger partial charge in [-0.3, -0.25) is 19.2 Å². The van der Waals surface area contributed by atoms with Crippen molar-refractivity contribution in [3.63, 3.8) is 0 Å². The van der Waals surface area contributed by atoms with Crippen molar-refractivity contribution in [3.8, 4) is 0 Å². The maximum atomic E-state index is 12.1. The van der Waals surface area contributed by atoms with Gasteiger partial charge in [0.25, 0.3) is 5.56 Å². The van der Waals surface area contributed by atoms with Crippen LogP contribution in [0, 0.1) is 0 Å². The summed E-state index contributed by atoms with van der Waals surface area (Å²) in [4.78, 5) is 54.6. The molecule has 1 saturated carbocycles. The number of hydrogen-bond donors (Lipinski definition) is 2. The van der Waals surface area contributed by atoms with E-state index in [0.717, 1.165) is 24.6 Å². The summed E-state index contributed by atoms with van der Waals surface area (Å²) >= 11 is 1.03. The standard InChI is InChI=1S/C15H20N4O5S/c1-19(7-12(21)16-9-3-4-9)13(22)8-25-15-17-10(5-11(20)18-15)6-14(23)24-2/h5,9H,3-4,6-8H2,1-2H3,(H,16,21)(H,17,18,20). The van der Waals surface area contributed by atoms with E-state index in [1.54, 1.807) is 7.05 Å². The van der Waals surface area contributed by atoms with Gasteiger partial charge in [-0.25, -0.2) is 4.98 Å². The van der Waals surface area contributed by atoms with Gasteiger partial charge in [-0.05, 0) is 12.8 Å². The van der Waals surface area contributed by atoms with Crippen molar-refractivity contribution in [1.29, 1.82) is 0 Å². The summed E-state index contributed by atoms with van der Waals surface area (Å²) in [6.45, 7) is -0.0117. The molecule has 0 bridgehead atoms. The Hall–Kier alpha value is -2.36. The zero-order valence-electron chi connectivity index (χ0n) is 14.0. The monoisotopic (exact) mass is 368 g/mol. The minimum absolute atomic E-state index is 0.0117. The molecule has 2 amide bonds. The number of thioether (sulfide) groups is 1. The lowest BCUT2D eigenvalue weighted by atomic mass is 10.3. The smallest absolute Gasteiger partial charge is 0.311 e. The van der Waals surface area contributed by atoms with E-state index in [-0.39, 0.29) is 47.4 Å². The summed E-state index contributed by atoms with van der Waals surface area (Å²) in [6, 6.07) is 1.45. The summed E-state index contributed by atoms with van der Waals surface area (Å²) in [6.07, 6.45) is 1.85. The fraction of sp³-hybridized carbons (Fsp3) is 0.533. The Morgan fingerprint density at radius 2 is 2.16 bits per heavy atom. The highest BCUT2D eigenvalue weighted by Crippen LogP contribution is 2.18. The number of ether oxygens (including phenoxy) is 1. The molecule has 0 aliphatic heterocycles. The molecular weight excluding hydrogens is 348 g/mol. The van der Waals surface area contributed by atoms with Gasteiger partial charge in [-0.1, -0.05) is 11.8 Å². The van der Waals surface area contributed by atoms with Crippen molar-refractivity contribution in [2.75, 3.05) is 26.5 Å². The molecule has 1 aliphatic rings. The molecule has 0 unspecified atom stereocenters. The SMILES string of the molecule is COC(=O)Cc1cc(=O)[nH]c(SCC(=O)N(C)CC(=O)NC2CC2)n1. The van der Waals surface area contributed by atoms with Gasteiger partial charge in [-0.2, -0.15) is 0 Å². The Bertz CT molecular complexity index is 716. The van der Waals surface area contributed by atoms with Crippen LogP contribution >= 0.6 is 11.8 Å². The fourth-order valence-corrected chi connectivity index (χ4v) is 2.74. The van der Waals surface area contributed by atoms with Gasteiger partial charge in [-0.15, -0.1) is 0 Å². The van der Waals surface area contributed by atoms with E-state index in [1.165, 1.54) is 18.1 Å². The van der Waals surface area contributed by atoms with Gasteiger partial charge in [0, 0.05) is 19.2 Å². The molecule has 1 fully saturated rings. The minimum Gasteiger partial charge on any atom is -0.469 e. The number of carbonyl (C=O) groups excluding carboxylic acids is 3. The van der Waals surface area contributed by atoms with E-state index in [2.05, 4.69) is 20.0 Å². The highest BCUT2D eigenvalue weighted by atomic mass is 32.2. The number of aromatic nitrogens is 2. The van der Waals surface area contributed by atoms with Crippen LogP contribution in [0.4, 0.5) is 0 Å². The van der Waals surface area contributed by atoms with Crippen LogP contribution in [-0.2, 0) is 25.5 Å². The number of nitrogens with zero attached hydrogens (tertiary/aromatic N) is 2. The molecule has 1 aliphatic carbocycles. The number of hydrogen-bond acceptors (Lipinski definition) is 7. The first-order chi connectivity index (χ1) is 11.9. The largest absolute Gasteiger partial charge is 0.469 e. The zero-order chi connectivity index (χ0) is 18.4. The van der Waals surface area contributed by atoms with Crippen LogP contribution in [0.25, 0.3) is 0 Å². The lowest BCUT2D eigenvalue weighted by Crippen LogP contribution is -2.39. The first-order valence-corrected chi connectivity index (χ1v) is 8.69. The predicted molar refractivity (Wildman–Crippen MR) is 90.1 cm³/mol. The molecule has 1 heterocycles. The molecule has 1 aromatic heterocycles. The van der Waals surface area contributed by atoms with Crippen molar-refractivity contribution in [2.24, 2.45) is 0 Å². The lowest BCUT2D eigenvalue weighted by Gasteiger charge is -2.16. The average molecular weight is 368 g/mol. The summed E-state index contributed by atoms with van der Waals surface area (Å²) in [5.74, 6) is -0.948. The average Bonchev–Trinajstić information content (AvgIpc) is 3.35. The third-order valence-electron chi connectivity index (χ3n) is 3.41. The summed E-state index contributed by atoms with van der Waals surface area (Å²) in [7, 11) is 2.79. The number of amides is 2. The second-order valence-corrected chi connectivity index (χ2v) is 6.64. The van der Waals surface area contributed by atoms with Gasteiger partial charge < -0.3 is 19.9 Å². The van der Waals surface area contributed by atoms with E-state index in [1.807, 2.05) is 0 Å². The van der Waals surface area contributed by atoms with Crippen LogP contribution in [0.1, 0.15) is 18.5 Å². The van der Waals surface area contributed by atoms with Crippen LogP contribution < -0.4 is 10.9 Å². The van der Waals surface area contributed by atoms with E-state index in [9.17, 15) is 19.2 Å². The number of aromatic amines is 1. The van der Waals surface area contributed by atoms with E-state index in [0.29, 0.717) is 0 Å². The van der Waals surface area contributed by atoms with Crippen molar-refractivity contribution in [3.05, 3.63) is 22.1 Å². The van der Waals surface area contributed by atoms with Crippen LogP contribution in [0.15, 0.2) is 16.0 Å². The van der Waals surface area contributed by atoms with Crippen LogP contribution in [0.3, 0.4) is 0 Å². The van der Waals surface area contributed by atoms with Crippen molar-refractivity contribution in [1.82, 2.24) is 20.2 Å². The van der Waals surface area contributed by atoms with E-state index < -0.39 is 11.5 Å². The number of nitrogens with one attached hydrogen (secondary N) is 2. The van der Waals surface area contributed by atoms with E-state index in [4.69, 9.17) is 0 Å². The molecule has 0 saturated heterocycles. The molecule has 0 aromatic carbocycles. The molecule has 0 atom stereocenters. The topological polar surface area (TPSA) is 121 Å².